The molecule has 0 spiro atoms. The summed E-state index contributed by atoms with van der Waals surface area (Å²) < 4.78 is 72.0. The van der Waals surface area contributed by atoms with Gasteiger partial charge in [-0.25, -0.2) is 0 Å². The van der Waals surface area contributed by atoms with Gasteiger partial charge in [-0.1, -0.05) is 27.7 Å². The van der Waals surface area contributed by atoms with Crippen LogP contribution in [0.5, 0.6) is 0 Å². The van der Waals surface area contributed by atoms with Gasteiger partial charge in [-0.3, -0.25) is 13.2 Å². The molecule has 39 heavy (non-hydrogen) atoms. The lowest BCUT2D eigenvalue weighted by Gasteiger charge is -2.27. The Morgan fingerprint density at radius 2 is 1.38 bits per heavy atom. The summed E-state index contributed by atoms with van der Waals surface area (Å²) in [5, 5.41) is 0. The third-order valence-electron chi connectivity index (χ3n) is 5.04. The highest BCUT2D eigenvalue weighted by Crippen LogP contribution is 2.37. The van der Waals surface area contributed by atoms with Gasteiger partial charge in [0.2, 0.25) is 5.91 Å². The van der Waals surface area contributed by atoms with Crippen LogP contribution in [0.4, 0.5) is 5.69 Å². The molecule has 0 saturated heterocycles. The van der Waals surface area contributed by atoms with Crippen LogP contribution in [0.15, 0.2) is 18.2 Å². The van der Waals surface area contributed by atoms with E-state index in [1.807, 2.05) is 6.26 Å². The van der Waals surface area contributed by atoms with Crippen LogP contribution in [-0.2, 0) is 60.8 Å². The molecule has 0 atom stereocenters. The third-order valence-corrected chi connectivity index (χ3v) is 8.81. The molecule has 0 bridgehead atoms. The average molecular weight is 632 g/mol. The van der Waals surface area contributed by atoms with E-state index < -0.39 is 20.2 Å². The van der Waals surface area contributed by atoms with Gasteiger partial charge in [-0.2, -0.15) is 16.8 Å². The number of carbonyl (C=O) groups excluding carboxylic acids is 1. The van der Waals surface area contributed by atoms with Crippen molar-refractivity contribution in [2.75, 3.05) is 70.4 Å². The first-order chi connectivity index (χ1) is 18.2. The van der Waals surface area contributed by atoms with E-state index in [2.05, 4.69) is 13.8 Å². The minimum atomic E-state index is -3.73. The second-order valence-corrected chi connectivity index (χ2v) is 15.6. The molecule has 1 aromatic carbocycles. The number of hydrogen-bond donors (Lipinski definition) is 0. The van der Waals surface area contributed by atoms with E-state index in [0.717, 1.165) is 12.5 Å². The van der Waals surface area contributed by atoms with E-state index in [0.29, 0.717) is 49.7 Å². The first-order valence-corrected chi connectivity index (χ1v) is 18.3. The summed E-state index contributed by atoms with van der Waals surface area (Å²) in [5.41, 5.74) is 1.33. The minimum Gasteiger partial charge on any atom is -0.382 e. The Balaban J connectivity index is 3.17. The Kier molecular flexibility index (Phi) is 16.5. The molecule has 0 fully saturated rings. The van der Waals surface area contributed by atoms with Crippen molar-refractivity contribution in [2.45, 2.75) is 44.6 Å². The molecule has 15 heteroatoms. The number of carbonyl (C=O) groups is 1. The maximum atomic E-state index is 13.5. The van der Waals surface area contributed by atoms with Gasteiger partial charge in [-0.15, -0.1) is 0 Å². The number of methoxy groups -OCH3 is 1. The first-order valence-electron chi connectivity index (χ1n) is 12.1. The SMILES string of the molecule is COCCOCCOCCN(C(=O)CCC(C)(C)SSC)c1cc(COS(C)(=O)=O)cc(COS(C)(=O)=O)c1. The Morgan fingerprint density at radius 1 is 0.872 bits per heavy atom. The quantitative estimate of drug-likeness (QED) is 0.112. The first kappa shape index (κ1) is 36.1. The molecule has 0 aliphatic carbocycles. The lowest BCUT2D eigenvalue weighted by Crippen LogP contribution is -2.35. The molecule has 0 saturated carbocycles. The fraction of sp³-hybridized carbons (Fsp3) is 0.708. The third kappa shape index (κ3) is 17.5. The molecule has 226 valence electrons. The Labute approximate surface area is 241 Å². The van der Waals surface area contributed by atoms with Crippen LogP contribution < -0.4 is 4.90 Å². The number of hydrogen-bond acceptors (Lipinski definition) is 12. The van der Waals surface area contributed by atoms with Crippen molar-refractivity contribution < 1.29 is 44.2 Å². The Hall–Kier alpha value is -0.910. The highest BCUT2D eigenvalue weighted by atomic mass is 33.1. The summed E-state index contributed by atoms with van der Waals surface area (Å²) >= 11 is 0. The van der Waals surface area contributed by atoms with Gasteiger partial charge in [0.15, 0.2) is 0 Å². The van der Waals surface area contributed by atoms with Gasteiger partial charge < -0.3 is 19.1 Å². The maximum absolute atomic E-state index is 13.5. The fourth-order valence-corrected chi connectivity index (χ4v) is 6.18. The second kappa shape index (κ2) is 17.8. The lowest BCUT2D eigenvalue weighted by atomic mass is 10.1. The predicted molar refractivity (Wildman–Crippen MR) is 156 cm³/mol. The van der Waals surface area contributed by atoms with Crippen LogP contribution in [-0.4, -0.2) is 92.9 Å². The summed E-state index contributed by atoms with van der Waals surface area (Å²) in [6, 6.07) is 4.86. The lowest BCUT2D eigenvalue weighted by molar-refractivity contribution is -0.119. The summed E-state index contributed by atoms with van der Waals surface area (Å²) in [6.07, 6.45) is 4.75. The zero-order valence-corrected chi connectivity index (χ0v) is 26.7. The number of rotatable bonds is 21. The normalized spacial score (nSPS) is 12.6. The van der Waals surface area contributed by atoms with Crippen LogP contribution in [0.3, 0.4) is 0 Å². The summed E-state index contributed by atoms with van der Waals surface area (Å²) in [5.74, 6) is -0.152. The summed E-state index contributed by atoms with van der Waals surface area (Å²) in [4.78, 5) is 15.0. The van der Waals surface area contributed by atoms with Crippen molar-refractivity contribution in [3.63, 3.8) is 0 Å². The smallest absolute Gasteiger partial charge is 0.264 e. The van der Waals surface area contributed by atoms with Crippen LogP contribution >= 0.6 is 21.6 Å². The van der Waals surface area contributed by atoms with Crippen molar-refractivity contribution in [2.24, 2.45) is 0 Å². The highest BCUT2D eigenvalue weighted by molar-refractivity contribution is 8.76. The number of benzene rings is 1. The van der Waals surface area contributed by atoms with Gasteiger partial charge in [0.25, 0.3) is 20.2 Å². The molecule has 1 amide bonds. The standard InChI is InChI=1S/C24H41NO10S4/c1-24(2,37-36-4)8-7-23(26)25(9-10-32-13-14-33-12-11-31-3)22-16-20(18-34-38(5,27)28)15-21(17-22)19-35-39(6,29)30/h15-17H,7-14,18-19H2,1-6H3. The topological polar surface area (TPSA) is 135 Å². The molecule has 11 nitrogen and oxygen atoms in total. The Bertz CT molecular complexity index is 1040. The van der Waals surface area contributed by atoms with E-state index in [1.165, 1.54) is 0 Å². The number of ether oxygens (including phenoxy) is 3. The molecule has 0 heterocycles. The zero-order chi connectivity index (χ0) is 29.5. The van der Waals surface area contributed by atoms with E-state index in [4.69, 9.17) is 22.6 Å². The van der Waals surface area contributed by atoms with Gasteiger partial charge >= 0.3 is 0 Å². The average Bonchev–Trinajstić information content (AvgIpc) is 2.83. The van der Waals surface area contributed by atoms with Crippen LogP contribution in [0, 0.1) is 0 Å². The van der Waals surface area contributed by atoms with Crippen LogP contribution in [0.25, 0.3) is 0 Å². The zero-order valence-electron chi connectivity index (χ0n) is 23.5. The molecule has 0 aliphatic rings. The fourth-order valence-electron chi connectivity index (χ4n) is 3.24. The monoisotopic (exact) mass is 631 g/mol. The van der Waals surface area contributed by atoms with Crippen molar-refractivity contribution in [1.29, 1.82) is 0 Å². The van der Waals surface area contributed by atoms with Crippen molar-refractivity contribution >= 4 is 53.4 Å². The van der Waals surface area contributed by atoms with Gasteiger partial charge in [0.05, 0.1) is 58.8 Å². The molecule has 1 rings (SSSR count). The minimum absolute atomic E-state index is 0.129. The van der Waals surface area contributed by atoms with E-state index in [1.54, 1.807) is 51.8 Å². The largest absolute Gasteiger partial charge is 0.382 e. The van der Waals surface area contributed by atoms with Crippen LogP contribution in [0.2, 0.25) is 0 Å². The molecule has 1 aromatic rings. The van der Waals surface area contributed by atoms with E-state index >= 15 is 0 Å². The number of anilines is 1. The summed E-state index contributed by atoms with van der Waals surface area (Å²) in [7, 11) is -2.55. The van der Waals surface area contributed by atoms with Gasteiger partial charge in [-0.05, 0) is 49.8 Å². The molecular weight excluding hydrogens is 591 g/mol. The summed E-state index contributed by atoms with van der Waals surface area (Å²) in [6.45, 7) is 5.66. The molecule has 0 unspecified atom stereocenters. The van der Waals surface area contributed by atoms with Gasteiger partial charge in [0.1, 0.15) is 0 Å². The predicted octanol–water partition coefficient (Wildman–Crippen LogP) is 3.22. The molecule has 0 N–H and O–H groups in total. The van der Waals surface area contributed by atoms with E-state index in [9.17, 15) is 21.6 Å². The number of amides is 1. The highest BCUT2D eigenvalue weighted by Gasteiger charge is 2.24. The number of nitrogens with zero attached hydrogens (tertiary/aromatic N) is 1. The Morgan fingerprint density at radius 3 is 1.87 bits per heavy atom. The van der Waals surface area contributed by atoms with E-state index in [-0.39, 0.29) is 43.4 Å². The van der Waals surface area contributed by atoms with Gasteiger partial charge in [0, 0.05) is 30.5 Å². The maximum Gasteiger partial charge on any atom is 0.264 e. The molecule has 0 radical (unpaired) electrons. The van der Waals surface area contributed by atoms with Crippen molar-refractivity contribution in [1.82, 2.24) is 0 Å². The molecule has 0 aliphatic heterocycles. The van der Waals surface area contributed by atoms with Crippen molar-refractivity contribution in [3.8, 4) is 0 Å². The molecule has 0 aromatic heterocycles. The van der Waals surface area contributed by atoms with Crippen LogP contribution in [0.1, 0.15) is 37.8 Å². The molecular formula is C24H41NO10S4. The van der Waals surface area contributed by atoms with Crippen molar-refractivity contribution in [3.05, 3.63) is 29.3 Å². The second-order valence-electron chi connectivity index (χ2n) is 9.21.